The van der Waals surface area contributed by atoms with Crippen molar-refractivity contribution in [3.05, 3.63) is 12.7 Å². The Morgan fingerprint density at radius 2 is 2.08 bits per heavy atom. The van der Waals surface area contributed by atoms with Gasteiger partial charge >= 0.3 is 0 Å². The molecule has 0 aromatic rings. The fourth-order valence-corrected chi connectivity index (χ4v) is 3.06. The molecule has 0 N–H and O–H groups in total. The first-order valence-corrected chi connectivity index (χ1v) is 4.78. The van der Waals surface area contributed by atoms with Crippen molar-refractivity contribution in [1.29, 1.82) is 0 Å². The molecule has 0 aromatic heterocycles. The molecule has 0 radical (unpaired) electrons. The van der Waals surface area contributed by atoms with Gasteiger partial charge in [-0.25, -0.2) is 0 Å². The first-order chi connectivity index (χ1) is 5.87. The Morgan fingerprint density at radius 1 is 1.33 bits per heavy atom. The number of allylic oxidation sites excluding steroid dienone is 1. The van der Waals surface area contributed by atoms with Crippen LogP contribution in [0.1, 0.15) is 12.8 Å². The van der Waals surface area contributed by atoms with E-state index >= 15 is 0 Å². The van der Waals surface area contributed by atoms with E-state index in [9.17, 15) is 0 Å². The molecule has 1 heterocycles. The fourth-order valence-electron chi connectivity index (χ4n) is 3.06. The zero-order valence-corrected chi connectivity index (χ0v) is 7.16. The Balaban J connectivity index is 1.85. The maximum absolute atomic E-state index is 5.72. The largest absolute Gasteiger partial charge is 0.347 e. The average Bonchev–Trinajstić information content (AvgIpc) is 2.45. The second-order valence-electron chi connectivity index (χ2n) is 4.05. The highest BCUT2D eigenvalue weighted by Crippen LogP contribution is 2.65. The van der Waals surface area contributed by atoms with Crippen molar-refractivity contribution in [2.75, 3.05) is 13.2 Å². The van der Waals surface area contributed by atoms with Gasteiger partial charge in [-0.3, -0.25) is 0 Å². The van der Waals surface area contributed by atoms with Crippen LogP contribution in [0.3, 0.4) is 0 Å². The number of hydrogen-bond acceptors (Lipinski definition) is 2. The molecule has 0 amide bonds. The predicted molar refractivity (Wildman–Crippen MR) is 44.5 cm³/mol. The van der Waals surface area contributed by atoms with Crippen LogP contribution in [0.25, 0.3) is 0 Å². The second kappa shape index (κ2) is 2.12. The number of fused-ring (bicyclic) bond motifs is 2. The van der Waals surface area contributed by atoms with Crippen LogP contribution in [0.2, 0.25) is 0 Å². The van der Waals surface area contributed by atoms with E-state index < -0.39 is 0 Å². The highest BCUT2D eigenvalue weighted by Gasteiger charge is 2.67. The van der Waals surface area contributed by atoms with Gasteiger partial charge in [0.25, 0.3) is 0 Å². The molecule has 1 spiro atoms. The van der Waals surface area contributed by atoms with Crippen LogP contribution < -0.4 is 0 Å². The molecule has 3 atom stereocenters. The number of rotatable bonds is 1. The van der Waals surface area contributed by atoms with E-state index in [0.29, 0.717) is 11.8 Å². The molecule has 12 heavy (non-hydrogen) atoms. The molecule has 2 aliphatic carbocycles. The van der Waals surface area contributed by atoms with Crippen molar-refractivity contribution < 1.29 is 9.47 Å². The highest BCUT2D eigenvalue weighted by molar-refractivity contribution is 5.16. The summed E-state index contributed by atoms with van der Waals surface area (Å²) in [6.07, 6.45) is 4.44. The standard InChI is InChI=1S/C10H14O2/c1-2-7-8-3-4-10(9(7)8)11-5-6-12-10/h2,7-9H,1,3-6H2/t7-,8+,9-/m0/s1. The lowest BCUT2D eigenvalue weighted by atomic mass is 10.1. The molecule has 0 aromatic carbocycles. The SMILES string of the molecule is C=C[C@H]1[C@H]2CCC3(OCCO3)[C@@H]12. The third kappa shape index (κ3) is 0.679. The first-order valence-electron chi connectivity index (χ1n) is 4.78. The molecule has 0 bridgehead atoms. The van der Waals surface area contributed by atoms with Crippen LogP contribution in [0.4, 0.5) is 0 Å². The lowest BCUT2D eigenvalue weighted by molar-refractivity contribution is -0.169. The zero-order chi connectivity index (χ0) is 8.18. The first kappa shape index (κ1) is 7.10. The Labute approximate surface area is 72.5 Å². The van der Waals surface area contributed by atoms with Crippen molar-refractivity contribution >= 4 is 0 Å². The van der Waals surface area contributed by atoms with E-state index in [2.05, 4.69) is 12.7 Å². The second-order valence-corrected chi connectivity index (χ2v) is 4.05. The van der Waals surface area contributed by atoms with Gasteiger partial charge in [0.05, 0.1) is 13.2 Å². The van der Waals surface area contributed by atoms with Gasteiger partial charge in [-0.15, -0.1) is 6.58 Å². The van der Waals surface area contributed by atoms with Gasteiger partial charge in [0.15, 0.2) is 5.79 Å². The van der Waals surface area contributed by atoms with E-state index in [1.54, 1.807) is 0 Å². The molecular weight excluding hydrogens is 152 g/mol. The van der Waals surface area contributed by atoms with Crippen molar-refractivity contribution in [1.82, 2.24) is 0 Å². The van der Waals surface area contributed by atoms with Crippen LogP contribution in [-0.2, 0) is 9.47 Å². The van der Waals surface area contributed by atoms with Crippen LogP contribution in [0.15, 0.2) is 12.7 Å². The molecular formula is C10H14O2. The normalized spacial score (nSPS) is 47.8. The Kier molecular flexibility index (Phi) is 1.25. The minimum absolute atomic E-state index is 0.177. The van der Waals surface area contributed by atoms with Crippen LogP contribution in [0.5, 0.6) is 0 Å². The van der Waals surface area contributed by atoms with Gasteiger partial charge in [-0.1, -0.05) is 6.08 Å². The van der Waals surface area contributed by atoms with Crippen LogP contribution in [0, 0.1) is 17.8 Å². The lowest BCUT2D eigenvalue weighted by Gasteiger charge is -2.24. The molecule has 2 nitrogen and oxygen atoms in total. The van der Waals surface area contributed by atoms with Gasteiger partial charge < -0.3 is 9.47 Å². The van der Waals surface area contributed by atoms with E-state index in [0.717, 1.165) is 25.6 Å². The predicted octanol–water partition coefficient (Wildman–Crippen LogP) is 1.57. The van der Waals surface area contributed by atoms with Crippen molar-refractivity contribution in [3.63, 3.8) is 0 Å². The van der Waals surface area contributed by atoms with Gasteiger partial charge in [0.2, 0.25) is 0 Å². The number of ether oxygens (including phenoxy) is 2. The van der Waals surface area contributed by atoms with Crippen molar-refractivity contribution in [2.24, 2.45) is 17.8 Å². The monoisotopic (exact) mass is 166 g/mol. The van der Waals surface area contributed by atoms with E-state index in [4.69, 9.17) is 9.47 Å². The summed E-state index contributed by atoms with van der Waals surface area (Å²) in [5.41, 5.74) is 0. The zero-order valence-electron chi connectivity index (χ0n) is 7.16. The molecule has 3 fully saturated rings. The number of hydrogen-bond donors (Lipinski definition) is 0. The topological polar surface area (TPSA) is 18.5 Å². The summed E-state index contributed by atoms with van der Waals surface area (Å²) in [6, 6.07) is 0. The summed E-state index contributed by atoms with van der Waals surface area (Å²) in [4.78, 5) is 0. The minimum atomic E-state index is -0.177. The molecule has 3 rings (SSSR count). The summed E-state index contributed by atoms with van der Waals surface area (Å²) < 4.78 is 11.4. The van der Waals surface area contributed by atoms with Gasteiger partial charge in [-0.2, -0.15) is 0 Å². The maximum atomic E-state index is 5.72. The van der Waals surface area contributed by atoms with Gasteiger partial charge in [0, 0.05) is 12.3 Å². The van der Waals surface area contributed by atoms with Crippen molar-refractivity contribution in [3.8, 4) is 0 Å². The van der Waals surface area contributed by atoms with Crippen molar-refractivity contribution in [2.45, 2.75) is 18.6 Å². The lowest BCUT2D eigenvalue weighted by Crippen LogP contribution is -2.31. The van der Waals surface area contributed by atoms with Gasteiger partial charge in [-0.05, 0) is 18.3 Å². The summed E-state index contributed by atoms with van der Waals surface area (Å²) in [5, 5.41) is 0. The molecule has 66 valence electrons. The Morgan fingerprint density at radius 3 is 2.67 bits per heavy atom. The fraction of sp³-hybridized carbons (Fsp3) is 0.800. The molecule has 2 saturated carbocycles. The molecule has 1 aliphatic heterocycles. The summed E-state index contributed by atoms with van der Waals surface area (Å²) in [7, 11) is 0. The maximum Gasteiger partial charge on any atom is 0.172 e. The molecule has 3 aliphatic rings. The minimum Gasteiger partial charge on any atom is -0.347 e. The van der Waals surface area contributed by atoms with Gasteiger partial charge in [0.1, 0.15) is 0 Å². The van der Waals surface area contributed by atoms with E-state index in [1.807, 2.05) is 0 Å². The van der Waals surface area contributed by atoms with Crippen LogP contribution in [-0.4, -0.2) is 19.0 Å². The Hall–Kier alpha value is -0.340. The third-order valence-electron chi connectivity index (χ3n) is 3.61. The Bertz CT molecular complexity index is 212. The smallest absolute Gasteiger partial charge is 0.172 e. The molecule has 1 saturated heterocycles. The highest BCUT2D eigenvalue weighted by atomic mass is 16.7. The summed E-state index contributed by atoms with van der Waals surface area (Å²) in [5.74, 6) is 1.96. The van der Waals surface area contributed by atoms with E-state index in [-0.39, 0.29) is 5.79 Å². The van der Waals surface area contributed by atoms with Crippen LogP contribution >= 0.6 is 0 Å². The average molecular weight is 166 g/mol. The van der Waals surface area contributed by atoms with E-state index in [1.165, 1.54) is 6.42 Å². The quantitative estimate of drug-likeness (QED) is 0.550. The summed E-state index contributed by atoms with van der Waals surface area (Å²) in [6.45, 7) is 5.42. The summed E-state index contributed by atoms with van der Waals surface area (Å²) >= 11 is 0. The molecule has 0 unspecified atom stereocenters. The third-order valence-corrected chi connectivity index (χ3v) is 3.61. The molecule has 2 heteroatoms.